The van der Waals surface area contributed by atoms with Gasteiger partial charge in [-0.05, 0) is 38.2 Å². The summed E-state index contributed by atoms with van der Waals surface area (Å²) in [6, 6.07) is 1.34. The lowest BCUT2D eigenvalue weighted by Gasteiger charge is -2.36. The van der Waals surface area contributed by atoms with Crippen LogP contribution in [0.15, 0.2) is 24.5 Å². The molecule has 9 nitrogen and oxygen atoms in total. The molecule has 4 rings (SSSR count). The third kappa shape index (κ3) is 4.82. The Morgan fingerprint density at radius 3 is 2.74 bits per heavy atom. The van der Waals surface area contributed by atoms with Crippen LogP contribution >= 0.6 is 0 Å². The maximum atomic E-state index is 14.0. The van der Waals surface area contributed by atoms with Crippen molar-refractivity contribution < 1.29 is 18.3 Å². The van der Waals surface area contributed by atoms with E-state index >= 15 is 0 Å². The van der Waals surface area contributed by atoms with E-state index in [0.29, 0.717) is 24.4 Å². The molecule has 0 saturated heterocycles. The number of nitrogens with one attached hydrogen (secondary N) is 2. The maximum Gasteiger partial charge on any atom is 0.271 e. The van der Waals surface area contributed by atoms with E-state index in [9.17, 15) is 13.6 Å². The SMILES string of the molecule is NC(=O)c1ncc(NC2CCCC(F)(F)C2N)nc1Nc1ccnc(OC2CCC2)c1. The second-order valence-corrected chi connectivity index (χ2v) is 7.93. The predicted molar refractivity (Wildman–Crippen MR) is 111 cm³/mol. The molecule has 31 heavy (non-hydrogen) atoms. The van der Waals surface area contributed by atoms with Gasteiger partial charge in [-0.3, -0.25) is 4.79 Å². The number of rotatable bonds is 7. The van der Waals surface area contributed by atoms with Crippen LogP contribution in [0.2, 0.25) is 0 Å². The highest BCUT2D eigenvalue weighted by molar-refractivity contribution is 5.96. The minimum atomic E-state index is -2.95. The minimum Gasteiger partial charge on any atom is -0.474 e. The van der Waals surface area contributed by atoms with E-state index in [2.05, 4.69) is 25.6 Å². The summed E-state index contributed by atoms with van der Waals surface area (Å²) in [5, 5.41) is 5.92. The van der Waals surface area contributed by atoms with Gasteiger partial charge in [-0.25, -0.2) is 23.7 Å². The molecule has 0 aliphatic heterocycles. The number of hydrogen-bond donors (Lipinski definition) is 4. The van der Waals surface area contributed by atoms with Crippen LogP contribution in [0.4, 0.5) is 26.1 Å². The normalized spacial score (nSPS) is 22.9. The average Bonchev–Trinajstić information content (AvgIpc) is 2.69. The molecule has 2 aromatic rings. The van der Waals surface area contributed by atoms with Crippen LogP contribution in [0.5, 0.6) is 5.88 Å². The van der Waals surface area contributed by atoms with E-state index < -0.39 is 23.9 Å². The van der Waals surface area contributed by atoms with Crippen molar-refractivity contribution >= 4 is 23.2 Å². The second kappa shape index (κ2) is 8.58. The van der Waals surface area contributed by atoms with Gasteiger partial charge in [-0.2, -0.15) is 0 Å². The van der Waals surface area contributed by atoms with E-state index in [1.807, 2.05) is 0 Å². The fourth-order valence-electron chi connectivity index (χ4n) is 3.62. The number of ether oxygens (including phenoxy) is 1. The first-order chi connectivity index (χ1) is 14.8. The average molecular weight is 433 g/mol. The molecule has 2 aliphatic rings. The van der Waals surface area contributed by atoms with E-state index in [4.69, 9.17) is 16.2 Å². The molecule has 0 bridgehead atoms. The molecular formula is C20H25F2N7O2. The third-order valence-electron chi connectivity index (χ3n) is 5.62. The number of carbonyl (C=O) groups is 1. The molecule has 2 fully saturated rings. The smallest absolute Gasteiger partial charge is 0.271 e. The standard InChI is InChI=1S/C20H25F2N7O2/c21-20(22)7-2-5-13(17(20)23)28-14-10-26-16(18(24)30)19(29-14)27-11-6-8-25-15(9-11)31-12-3-1-4-12/h6,8-10,12-13,17H,1-5,7,23H2,(H2,24,30)(H2,25,27,28,29). The van der Waals surface area contributed by atoms with Gasteiger partial charge in [0.05, 0.1) is 12.2 Å². The Kier molecular flexibility index (Phi) is 5.86. The molecule has 2 aromatic heterocycles. The van der Waals surface area contributed by atoms with Crippen molar-refractivity contribution in [1.29, 1.82) is 0 Å². The quantitative estimate of drug-likeness (QED) is 0.522. The van der Waals surface area contributed by atoms with E-state index in [-0.39, 0.29) is 29.9 Å². The van der Waals surface area contributed by atoms with Gasteiger partial charge in [-0.1, -0.05) is 0 Å². The molecule has 0 radical (unpaired) electrons. The topological polar surface area (TPSA) is 141 Å². The van der Waals surface area contributed by atoms with Gasteiger partial charge in [0.15, 0.2) is 11.5 Å². The Bertz CT molecular complexity index is 955. The van der Waals surface area contributed by atoms with Crippen molar-refractivity contribution in [3.63, 3.8) is 0 Å². The Morgan fingerprint density at radius 1 is 1.23 bits per heavy atom. The fraction of sp³-hybridized carbons (Fsp3) is 0.500. The van der Waals surface area contributed by atoms with Gasteiger partial charge < -0.3 is 26.8 Å². The van der Waals surface area contributed by atoms with Crippen LogP contribution in [0, 0.1) is 0 Å². The largest absolute Gasteiger partial charge is 0.474 e. The number of nitrogens with two attached hydrogens (primary N) is 2. The summed E-state index contributed by atoms with van der Waals surface area (Å²) in [4.78, 5) is 24.4. The molecule has 2 aliphatic carbocycles. The van der Waals surface area contributed by atoms with Gasteiger partial charge in [0.1, 0.15) is 11.9 Å². The van der Waals surface area contributed by atoms with Crippen LogP contribution in [-0.4, -0.2) is 45.0 Å². The molecule has 2 atom stereocenters. The molecule has 11 heteroatoms. The van der Waals surface area contributed by atoms with Crippen molar-refractivity contribution in [1.82, 2.24) is 15.0 Å². The molecule has 1 amide bonds. The molecule has 2 saturated carbocycles. The highest BCUT2D eigenvalue weighted by atomic mass is 19.3. The summed E-state index contributed by atoms with van der Waals surface area (Å²) < 4.78 is 33.7. The molecule has 2 heterocycles. The molecule has 0 spiro atoms. The van der Waals surface area contributed by atoms with Crippen molar-refractivity contribution in [2.75, 3.05) is 10.6 Å². The lowest BCUT2D eigenvalue weighted by atomic mass is 9.87. The molecule has 0 aromatic carbocycles. The monoisotopic (exact) mass is 433 g/mol. The number of aromatic nitrogens is 3. The number of primary amides is 1. The number of pyridine rings is 1. The van der Waals surface area contributed by atoms with Crippen molar-refractivity contribution in [3.05, 3.63) is 30.2 Å². The number of amides is 1. The van der Waals surface area contributed by atoms with Crippen molar-refractivity contribution in [2.45, 2.75) is 62.6 Å². The number of alkyl halides is 2. The second-order valence-electron chi connectivity index (χ2n) is 7.93. The zero-order valence-corrected chi connectivity index (χ0v) is 16.9. The summed E-state index contributed by atoms with van der Waals surface area (Å²) >= 11 is 0. The molecular weight excluding hydrogens is 408 g/mol. The van der Waals surface area contributed by atoms with Gasteiger partial charge >= 0.3 is 0 Å². The number of nitrogens with zero attached hydrogens (tertiary/aromatic N) is 3. The molecule has 6 N–H and O–H groups in total. The fourth-order valence-corrected chi connectivity index (χ4v) is 3.62. The lowest BCUT2D eigenvalue weighted by molar-refractivity contribution is -0.0554. The highest BCUT2D eigenvalue weighted by Gasteiger charge is 2.44. The highest BCUT2D eigenvalue weighted by Crippen LogP contribution is 2.34. The lowest BCUT2D eigenvalue weighted by Crippen LogP contribution is -2.55. The molecule has 2 unspecified atom stereocenters. The Balaban J connectivity index is 1.54. The number of hydrogen-bond acceptors (Lipinski definition) is 8. The maximum absolute atomic E-state index is 14.0. The zero-order chi connectivity index (χ0) is 22.0. The Labute approximate surface area is 178 Å². The summed E-state index contributed by atoms with van der Waals surface area (Å²) in [7, 11) is 0. The third-order valence-corrected chi connectivity index (χ3v) is 5.62. The number of halogens is 2. The number of anilines is 3. The van der Waals surface area contributed by atoms with E-state index in [1.165, 1.54) is 6.20 Å². The molecule has 166 valence electrons. The predicted octanol–water partition coefficient (Wildman–Crippen LogP) is 2.57. The summed E-state index contributed by atoms with van der Waals surface area (Å²) in [6.07, 6.45) is 6.71. The van der Waals surface area contributed by atoms with E-state index in [1.54, 1.807) is 18.3 Å². The van der Waals surface area contributed by atoms with Crippen LogP contribution < -0.4 is 26.8 Å². The summed E-state index contributed by atoms with van der Waals surface area (Å²) in [5.74, 6) is -2.97. The van der Waals surface area contributed by atoms with Gasteiger partial charge in [0.25, 0.3) is 11.8 Å². The Hall–Kier alpha value is -3.08. The first-order valence-corrected chi connectivity index (χ1v) is 10.3. The first kappa shape index (κ1) is 21.2. The van der Waals surface area contributed by atoms with Crippen LogP contribution in [0.3, 0.4) is 0 Å². The first-order valence-electron chi connectivity index (χ1n) is 10.3. The van der Waals surface area contributed by atoms with Gasteiger partial charge in [-0.15, -0.1) is 0 Å². The number of carbonyl (C=O) groups excluding carboxylic acids is 1. The zero-order valence-electron chi connectivity index (χ0n) is 16.9. The summed E-state index contributed by atoms with van der Waals surface area (Å²) in [5.41, 5.74) is 11.7. The van der Waals surface area contributed by atoms with Gasteiger partial charge in [0.2, 0.25) is 5.88 Å². The van der Waals surface area contributed by atoms with Crippen molar-refractivity contribution in [3.8, 4) is 5.88 Å². The van der Waals surface area contributed by atoms with Crippen molar-refractivity contribution in [2.24, 2.45) is 11.5 Å². The minimum absolute atomic E-state index is 0.0814. The van der Waals surface area contributed by atoms with E-state index in [0.717, 1.165) is 19.3 Å². The van der Waals surface area contributed by atoms with Crippen LogP contribution in [-0.2, 0) is 0 Å². The van der Waals surface area contributed by atoms with Gasteiger partial charge in [0, 0.05) is 30.4 Å². The Morgan fingerprint density at radius 2 is 2.03 bits per heavy atom. The van der Waals surface area contributed by atoms with Crippen LogP contribution in [0.25, 0.3) is 0 Å². The summed E-state index contributed by atoms with van der Waals surface area (Å²) in [6.45, 7) is 0. The van der Waals surface area contributed by atoms with Crippen LogP contribution in [0.1, 0.15) is 49.0 Å².